The summed E-state index contributed by atoms with van der Waals surface area (Å²) in [6, 6.07) is 3.20. The SMILES string of the molecule is O=C(NNC(=O)C(F)F)c1cnc(NC2(c3cc(F)ccc3F)CCC2)nc1. The van der Waals surface area contributed by atoms with Crippen molar-refractivity contribution in [3.05, 3.63) is 53.4 Å². The van der Waals surface area contributed by atoms with Crippen molar-refractivity contribution in [1.29, 1.82) is 0 Å². The molecule has 0 spiro atoms. The molecular formula is C17H15F4N5O2. The molecule has 0 unspecified atom stereocenters. The van der Waals surface area contributed by atoms with Crippen LogP contribution in [0.2, 0.25) is 0 Å². The molecule has 1 fully saturated rings. The fourth-order valence-electron chi connectivity index (χ4n) is 2.83. The van der Waals surface area contributed by atoms with Crippen molar-refractivity contribution in [2.45, 2.75) is 31.2 Å². The van der Waals surface area contributed by atoms with E-state index in [2.05, 4.69) is 15.3 Å². The highest BCUT2D eigenvalue weighted by Gasteiger charge is 2.41. The average Bonchev–Trinajstić information content (AvgIpc) is 2.65. The second kappa shape index (κ2) is 7.79. The lowest BCUT2D eigenvalue weighted by molar-refractivity contribution is -0.132. The van der Waals surface area contributed by atoms with E-state index >= 15 is 0 Å². The first-order valence-electron chi connectivity index (χ1n) is 8.25. The number of anilines is 1. The largest absolute Gasteiger partial charge is 0.345 e. The maximum atomic E-state index is 14.2. The first kappa shape index (κ1) is 19.5. The van der Waals surface area contributed by atoms with Crippen LogP contribution >= 0.6 is 0 Å². The molecular weight excluding hydrogens is 382 g/mol. The van der Waals surface area contributed by atoms with Crippen molar-refractivity contribution < 1.29 is 27.2 Å². The van der Waals surface area contributed by atoms with Crippen molar-refractivity contribution in [1.82, 2.24) is 20.8 Å². The number of halogens is 4. The standard InChI is InChI=1S/C17H15F4N5O2/c18-10-2-3-12(19)11(6-10)17(4-1-5-17)24-16-22-7-9(8-23-16)14(27)25-26-15(28)13(20)21/h2-3,6-8,13H,1,4-5H2,(H,25,27)(H,26,28)(H,22,23,24). The lowest BCUT2D eigenvalue weighted by Gasteiger charge is -2.43. The van der Waals surface area contributed by atoms with Crippen molar-refractivity contribution in [2.75, 3.05) is 5.32 Å². The Bertz CT molecular complexity index is 888. The maximum Gasteiger partial charge on any atom is 0.317 e. The van der Waals surface area contributed by atoms with Gasteiger partial charge in [0, 0.05) is 18.0 Å². The summed E-state index contributed by atoms with van der Waals surface area (Å²) in [6.45, 7) is 0. The van der Waals surface area contributed by atoms with Crippen molar-refractivity contribution in [2.24, 2.45) is 0 Å². The van der Waals surface area contributed by atoms with Crippen molar-refractivity contribution in [3.8, 4) is 0 Å². The topological polar surface area (TPSA) is 96.0 Å². The van der Waals surface area contributed by atoms with Gasteiger partial charge in [0.15, 0.2) is 0 Å². The van der Waals surface area contributed by atoms with E-state index in [9.17, 15) is 27.2 Å². The molecule has 0 radical (unpaired) electrons. The van der Waals surface area contributed by atoms with Crippen LogP contribution in [0.5, 0.6) is 0 Å². The third-order valence-electron chi connectivity index (χ3n) is 4.41. The molecule has 0 saturated heterocycles. The quantitative estimate of drug-likeness (QED) is 0.531. The van der Waals surface area contributed by atoms with E-state index in [1.54, 1.807) is 10.9 Å². The molecule has 1 saturated carbocycles. The average molecular weight is 397 g/mol. The van der Waals surface area contributed by atoms with Gasteiger partial charge in [0.1, 0.15) is 11.6 Å². The predicted molar refractivity (Wildman–Crippen MR) is 89.2 cm³/mol. The van der Waals surface area contributed by atoms with E-state index in [0.29, 0.717) is 12.8 Å². The van der Waals surface area contributed by atoms with Gasteiger partial charge in [0.05, 0.1) is 11.1 Å². The van der Waals surface area contributed by atoms with Crippen LogP contribution in [0.15, 0.2) is 30.6 Å². The van der Waals surface area contributed by atoms with E-state index in [1.807, 2.05) is 0 Å². The predicted octanol–water partition coefficient (Wildman–Crippen LogP) is 2.27. The van der Waals surface area contributed by atoms with Crippen LogP contribution in [0, 0.1) is 11.6 Å². The number of hydrogen-bond donors (Lipinski definition) is 3. The third-order valence-corrected chi connectivity index (χ3v) is 4.41. The minimum absolute atomic E-state index is 0.0801. The zero-order chi connectivity index (χ0) is 20.3. The van der Waals surface area contributed by atoms with Gasteiger partial charge in [-0.05, 0) is 37.5 Å². The molecule has 28 heavy (non-hydrogen) atoms. The number of nitrogens with one attached hydrogen (secondary N) is 3. The Morgan fingerprint density at radius 2 is 1.75 bits per heavy atom. The molecule has 1 heterocycles. The number of hydrazine groups is 1. The smallest absolute Gasteiger partial charge is 0.317 e. The Morgan fingerprint density at radius 1 is 1.07 bits per heavy atom. The zero-order valence-electron chi connectivity index (χ0n) is 14.3. The maximum absolute atomic E-state index is 14.2. The van der Waals surface area contributed by atoms with Crippen LogP contribution in [0.3, 0.4) is 0 Å². The summed E-state index contributed by atoms with van der Waals surface area (Å²) in [5, 5.41) is 2.98. The molecule has 148 valence electrons. The highest BCUT2D eigenvalue weighted by Crippen LogP contribution is 2.44. The van der Waals surface area contributed by atoms with Crippen molar-refractivity contribution >= 4 is 17.8 Å². The first-order valence-corrected chi connectivity index (χ1v) is 8.25. The summed E-state index contributed by atoms with van der Waals surface area (Å²) < 4.78 is 51.9. The lowest BCUT2D eigenvalue weighted by atomic mass is 9.71. The summed E-state index contributed by atoms with van der Waals surface area (Å²) in [4.78, 5) is 30.4. The summed E-state index contributed by atoms with van der Waals surface area (Å²) in [5.74, 6) is -3.59. The number of hydrogen-bond acceptors (Lipinski definition) is 5. The Labute approximate surface area is 156 Å². The number of amides is 2. The summed E-state index contributed by atoms with van der Waals surface area (Å²) in [6.07, 6.45) is 0.816. The normalized spacial score (nSPS) is 14.9. The number of carbonyl (C=O) groups excluding carboxylic acids is 2. The minimum atomic E-state index is -3.27. The first-order chi connectivity index (χ1) is 13.3. The summed E-state index contributed by atoms with van der Waals surface area (Å²) in [5.41, 5.74) is 2.56. The summed E-state index contributed by atoms with van der Waals surface area (Å²) >= 11 is 0. The van der Waals surface area contributed by atoms with Crippen LogP contribution in [-0.4, -0.2) is 28.2 Å². The molecule has 1 aromatic heterocycles. The molecule has 0 bridgehead atoms. The molecule has 7 nitrogen and oxygen atoms in total. The monoisotopic (exact) mass is 397 g/mol. The Morgan fingerprint density at radius 3 is 2.32 bits per heavy atom. The number of alkyl halides is 2. The van der Waals surface area contributed by atoms with Gasteiger partial charge in [-0.3, -0.25) is 20.4 Å². The van der Waals surface area contributed by atoms with Crippen LogP contribution in [0.4, 0.5) is 23.5 Å². The van der Waals surface area contributed by atoms with Gasteiger partial charge in [-0.2, -0.15) is 8.78 Å². The number of nitrogens with zero attached hydrogens (tertiary/aromatic N) is 2. The molecule has 1 aliphatic carbocycles. The molecule has 2 aromatic rings. The second-order valence-corrected chi connectivity index (χ2v) is 6.22. The van der Waals surface area contributed by atoms with Gasteiger partial charge in [-0.15, -0.1) is 0 Å². The lowest BCUT2D eigenvalue weighted by Crippen LogP contribution is -2.44. The van der Waals surface area contributed by atoms with Gasteiger partial charge in [-0.1, -0.05) is 0 Å². The van der Waals surface area contributed by atoms with E-state index < -0.39 is 35.4 Å². The van der Waals surface area contributed by atoms with E-state index in [0.717, 1.165) is 37.0 Å². The Hall–Kier alpha value is -3.24. The molecule has 3 N–H and O–H groups in total. The van der Waals surface area contributed by atoms with E-state index in [-0.39, 0.29) is 17.1 Å². The number of carbonyl (C=O) groups is 2. The minimum Gasteiger partial charge on any atom is -0.345 e. The number of aromatic nitrogens is 2. The highest BCUT2D eigenvalue weighted by atomic mass is 19.3. The molecule has 1 aromatic carbocycles. The van der Waals surface area contributed by atoms with Crippen LogP contribution < -0.4 is 16.2 Å². The van der Waals surface area contributed by atoms with Crippen molar-refractivity contribution in [3.63, 3.8) is 0 Å². The number of rotatable bonds is 5. The molecule has 2 amide bonds. The molecule has 0 aliphatic heterocycles. The number of benzene rings is 1. The Balaban J connectivity index is 1.70. The molecule has 11 heteroatoms. The van der Waals surface area contributed by atoms with Gasteiger partial charge >= 0.3 is 12.3 Å². The molecule has 0 atom stereocenters. The van der Waals surface area contributed by atoms with Crippen LogP contribution in [0.1, 0.15) is 35.2 Å². The molecule has 1 aliphatic rings. The summed E-state index contributed by atoms with van der Waals surface area (Å²) in [7, 11) is 0. The van der Waals surface area contributed by atoms with Crippen LogP contribution in [-0.2, 0) is 10.3 Å². The van der Waals surface area contributed by atoms with E-state index in [1.165, 1.54) is 0 Å². The fraction of sp³-hybridized carbons (Fsp3) is 0.294. The highest BCUT2D eigenvalue weighted by molar-refractivity contribution is 5.95. The van der Waals surface area contributed by atoms with E-state index in [4.69, 9.17) is 0 Å². The Kier molecular flexibility index (Phi) is 5.43. The molecule has 3 rings (SSSR count). The zero-order valence-corrected chi connectivity index (χ0v) is 14.3. The van der Waals surface area contributed by atoms with Crippen LogP contribution in [0.25, 0.3) is 0 Å². The third kappa shape index (κ3) is 4.02. The fourth-order valence-corrected chi connectivity index (χ4v) is 2.83. The second-order valence-electron chi connectivity index (χ2n) is 6.22. The van der Waals surface area contributed by atoms with Gasteiger partial charge in [0.2, 0.25) is 5.95 Å². The van der Waals surface area contributed by atoms with Gasteiger partial charge in [0.25, 0.3) is 5.91 Å². The van der Waals surface area contributed by atoms with Gasteiger partial charge < -0.3 is 5.32 Å². The van der Waals surface area contributed by atoms with Gasteiger partial charge in [-0.25, -0.2) is 18.7 Å².